The second kappa shape index (κ2) is 4.21. The molecule has 0 amide bonds. The van der Waals surface area contributed by atoms with Crippen molar-refractivity contribution >= 4 is 0 Å². The van der Waals surface area contributed by atoms with E-state index in [1.54, 1.807) is 0 Å². The molecule has 4 atom stereocenters. The lowest BCUT2D eigenvalue weighted by atomic mass is 9.98. The molecule has 3 nitrogen and oxygen atoms in total. The summed E-state index contributed by atoms with van der Waals surface area (Å²) >= 11 is 0. The Morgan fingerprint density at radius 3 is 2.75 bits per heavy atom. The summed E-state index contributed by atoms with van der Waals surface area (Å²) in [5, 5.41) is 8.90. The molecule has 0 bridgehead atoms. The minimum absolute atomic E-state index is 0.0222. The molecule has 2 unspecified atom stereocenters. The van der Waals surface area contributed by atoms with Gasteiger partial charge in [-0.15, -0.1) is 0 Å². The molecule has 1 saturated heterocycles. The van der Waals surface area contributed by atoms with E-state index < -0.39 is 0 Å². The predicted octanol–water partition coefficient (Wildman–Crippen LogP) is 0.510. The molecule has 1 aliphatic rings. The fraction of sp³-hybridized carbons (Fsp3) is 1.00. The van der Waals surface area contributed by atoms with E-state index in [0.29, 0.717) is 5.92 Å². The van der Waals surface area contributed by atoms with Gasteiger partial charge in [0.25, 0.3) is 0 Å². The summed E-state index contributed by atoms with van der Waals surface area (Å²) in [5.74, 6) is 0.549. The first kappa shape index (κ1) is 9.96. The van der Waals surface area contributed by atoms with E-state index in [1.807, 2.05) is 0 Å². The highest BCUT2D eigenvalue weighted by Crippen LogP contribution is 2.25. The molecule has 12 heavy (non-hydrogen) atoms. The summed E-state index contributed by atoms with van der Waals surface area (Å²) in [6.07, 6.45) is 2.11. The zero-order valence-electron chi connectivity index (χ0n) is 7.86. The van der Waals surface area contributed by atoms with Crippen molar-refractivity contribution in [3.05, 3.63) is 0 Å². The Hall–Kier alpha value is -0.120. The summed E-state index contributed by atoms with van der Waals surface area (Å²) in [6.45, 7) is 4.36. The minimum atomic E-state index is -0.135. The van der Waals surface area contributed by atoms with Crippen LogP contribution in [0.15, 0.2) is 0 Å². The first-order valence-electron chi connectivity index (χ1n) is 4.71. The molecule has 1 aliphatic heterocycles. The van der Waals surface area contributed by atoms with E-state index >= 15 is 0 Å². The standard InChI is InChI=1S/C9H19NO2/c1-3-6(2)8-4-7(10)9(5-11)12-8/h6-9,11H,3-5,10H2,1-2H3/t6?,7-,8?,9+/m0/s1. The second-order valence-corrected chi connectivity index (χ2v) is 3.68. The fourth-order valence-corrected chi connectivity index (χ4v) is 1.61. The van der Waals surface area contributed by atoms with Gasteiger partial charge in [-0.05, 0) is 12.3 Å². The SMILES string of the molecule is CCC(C)C1C[C@H](N)[C@@H](CO)O1. The average Bonchev–Trinajstić information content (AvgIpc) is 2.45. The lowest BCUT2D eigenvalue weighted by molar-refractivity contribution is -0.0142. The summed E-state index contributed by atoms with van der Waals surface area (Å²) < 4.78 is 5.60. The number of aliphatic hydroxyl groups is 1. The van der Waals surface area contributed by atoms with Gasteiger partial charge in [-0.2, -0.15) is 0 Å². The molecule has 1 heterocycles. The van der Waals surface area contributed by atoms with Crippen LogP contribution in [0, 0.1) is 5.92 Å². The highest BCUT2D eigenvalue weighted by Gasteiger charge is 2.34. The van der Waals surface area contributed by atoms with Crippen LogP contribution in [0.5, 0.6) is 0 Å². The van der Waals surface area contributed by atoms with Crippen molar-refractivity contribution < 1.29 is 9.84 Å². The van der Waals surface area contributed by atoms with Gasteiger partial charge in [0, 0.05) is 6.04 Å². The van der Waals surface area contributed by atoms with Gasteiger partial charge in [0.15, 0.2) is 0 Å². The summed E-state index contributed by atoms with van der Waals surface area (Å²) in [7, 11) is 0. The topological polar surface area (TPSA) is 55.5 Å². The predicted molar refractivity (Wildman–Crippen MR) is 47.8 cm³/mol. The van der Waals surface area contributed by atoms with Crippen LogP contribution >= 0.6 is 0 Å². The average molecular weight is 173 g/mol. The van der Waals surface area contributed by atoms with Crippen molar-refractivity contribution in [1.29, 1.82) is 0 Å². The van der Waals surface area contributed by atoms with Crippen molar-refractivity contribution in [3.63, 3.8) is 0 Å². The smallest absolute Gasteiger partial charge is 0.0960 e. The van der Waals surface area contributed by atoms with Gasteiger partial charge in [0.1, 0.15) is 0 Å². The Labute approximate surface area is 73.9 Å². The van der Waals surface area contributed by atoms with Gasteiger partial charge in [-0.3, -0.25) is 0 Å². The molecular formula is C9H19NO2. The number of rotatable bonds is 3. The minimum Gasteiger partial charge on any atom is -0.394 e. The monoisotopic (exact) mass is 173 g/mol. The van der Waals surface area contributed by atoms with Crippen molar-refractivity contribution in [2.45, 2.75) is 44.9 Å². The summed E-state index contributed by atoms with van der Waals surface area (Å²) in [6, 6.07) is 0.0222. The van der Waals surface area contributed by atoms with Gasteiger partial charge in [0.05, 0.1) is 18.8 Å². The molecule has 0 spiro atoms. The summed E-state index contributed by atoms with van der Waals surface area (Å²) in [4.78, 5) is 0. The van der Waals surface area contributed by atoms with Crippen LogP contribution in [0.4, 0.5) is 0 Å². The quantitative estimate of drug-likeness (QED) is 0.654. The van der Waals surface area contributed by atoms with Gasteiger partial charge in [-0.1, -0.05) is 20.3 Å². The van der Waals surface area contributed by atoms with Crippen LogP contribution in [0.2, 0.25) is 0 Å². The molecule has 72 valence electrons. The molecule has 0 aromatic heterocycles. The van der Waals surface area contributed by atoms with Crippen LogP contribution in [-0.4, -0.2) is 30.0 Å². The molecule has 3 N–H and O–H groups in total. The lowest BCUT2D eigenvalue weighted by Gasteiger charge is -2.17. The highest BCUT2D eigenvalue weighted by atomic mass is 16.5. The van der Waals surface area contributed by atoms with Gasteiger partial charge >= 0.3 is 0 Å². The molecule has 0 radical (unpaired) electrons. The van der Waals surface area contributed by atoms with Gasteiger partial charge < -0.3 is 15.6 Å². The highest BCUT2D eigenvalue weighted by molar-refractivity contribution is 4.86. The Bertz CT molecular complexity index is 140. The largest absolute Gasteiger partial charge is 0.394 e. The molecular weight excluding hydrogens is 154 g/mol. The number of hydrogen-bond donors (Lipinski definition) is 2. The number of nitrogens with two attached hydrogens (primary N) is 1. The zero-order valence-corrected chi connectivity index (χ0v) is 7.86. The molecule has 0 saturated carbocycles. The van der Waals surface area contributed by atoms with E-state index in [9.17, 15) is 0 Å². The van der Waals surface area contributed by atoms with Crippen LogP contribution < -0.4 is 5.73 Å². The molecule has 3 heteroatoms. The Kier molecular flexibility index (Phi) is 3.50. The fourth-order valence-electron chi connectivity index (χ4n) is 1.61. The second-order valence-electron chi connectivity index (χ2n) is 3.68. The molecule has 0 aromatic rings. The maximum absolute atomic E-state index is 8.90. The maximum atomic E-state index is 8.90. The van der Waals surface area contributed by atoms with Crippen molar-refractivity contribution in [2.24, 2.45) is 11.7 Å². The van der Waals surface area contributed by atoms with E-state index in [1.165, 1.54) is 0 Å². The van der Waals surface area contributed by atoms with E-state index in [2.05, 4.69) is 13.8 Å². The number of aliphatic hydroxyl groups excluding tert-OH is 1. The van der Waals surface area contributed by atoms with Crippen molar-refractivity contribution in [3.8, 4) is 0 Å². The number of ether oxygens (including phenoxy) is 1. The number of hydrogen-bond acceptors (Lipinski definition) is 3. The first-order valence-corrected chi connectivity index (χ1v) is 4.71. The van der Waals surface area contributed by atoms with Gasteiger partial charge in [0.2, 0.25) is 0 Å². The Balaban J connectivity index is 2.42. The van der Waals surface area contributed by atoms with E-state index in [-0.39, 0.29) is 24.9 Å². The lowest BCUT2D eigenvalue weighted by Crippen LogP contribution is -2.32. The molecule has 0 aromatic carbocycles. The third kappa shape index (κ3) is 1.97. The van der Waals surface area contributed by atoms with Gasteiger partial charge in [-0.25, -0.2) is 0 Å². The molecule has 1 fully saturated rings. The summed E-state index contributed by atoms with van der Waals surface area (Å²) in [5.41, 5.74) is 5.79. The Morgan fingerprint density at radius 2 is 2.33 bits per heavy atom. The molecule has 0 aliphatic carbocycles. The van der Waals surface area contributed by atoms with Crippen LogP contribution in [-0.2, 0) is 4.74 Å². The maximum Gasteiger partial charge on any atom is 0.0960 e. The van der Waals surface area contributed by atoms with Crippen LogP contribution in [0.1, 0.15) is 26.7 Å². The van der Waals surface area contributed by atoms with E-state index in [0.717, 1.165) is 12.8 Å². The molecule has 1 rings (SSSR count). The Morgan fingerprint density at radius 1 is 1.67 bits per heavy atom. The van der Waals surface area contributed by atoms with Crippen molar-refractivity contribution in [2.75, 3.05) is 6.61 Å². The first-order chi connectivity index (χ1) is 5.69. The van der Waals surface area contributed by atoms with Crippen LogP contribution in [0.3, 0.4) is 0 Å². The third-order valence-corrected chi connectivity index (χ3v) is 2.79. The van der Waals surface area contributed by atoms with Crippen molar-refractivity contribution in [1.82, 2.24) is 0 Å². The van der Waals surface area contributed by atoms with E-state index in [4.69, 9.17) is 15.6 Å². The zero-order chi connectivity index (χ0) is 9.14. The van der Waals surface area contributed by atoms with Crippen LogP contribution in [0.25, 0.3) is 0 Å². The third-order valence-electron chi connectivity index (χ3n) is 2.79. The normalized spacial score (nSPS) is 38.5.